The lowest BCUT2D eigenvalue weighted by Crippen LogP contribution is -2.53. The minimum absolute atomic E-state index is 0.335. The highest BCUT2D eigenvalue weighted by Gasteiger charge is 2.36. The number of aromatic nitrogens is 2. The molecule has 1 heterocycles. The predicted molar refractivity (Wildman–Crippen MR) is 61.7 cm³/mol. The fourth-order valence-electron chi connectivity index (χ4n) is 1.65. The second-order valence-corrected chi connectivity index (χ2v) is 3.96. The van der Waals surface area contributed by atoms with E-state index in [1.165, 1.54) is 6.20 Å². The topological polar surface area (TPSA) is 95.1 Å². The zero-order chi connectivity index (χ0) is 13.1. The van der Waals surface area contributed by atoms with Crippen molar-refractivity contribution in [2.45, 2.75) is 39.2 Å². The van der Waals surface area contributed by atoms with E-state index in [1.807, 2.05) is 0 Å². The Hall–Kier alpha value is -1.85. The average Bonchev–Trinajstić information content (AvgIpc) is 2.72. The van der Waals surface area contributed by atoms with Gasteiger partial charge >= 0.3 is 5.97 Å². The third-order valence-electron chi connectivity index (χ3n) is 3.04. The third-order valence-corrected chi connectivity index (χ3v) is 3.04. The molecule has 1 aromatic rings. The van der Waals surface area contributed by atoms with E-state index < -0.39 is 17.4 Å². The summed E-state index contributed by atoms with van der Waals surface area (Å²) < 4.78 is 0. The van der Waals surface area contributed by atoms with Crippen molar-refractivity contribution in [3.8, 4) is 0 Å². The number of nitrogens with one attached hydrogen (secondary N) is 2. The molecule has 0 aliphatic carbocycles. The minimum atomic E-state index is -1.21. The lowest BCUT2D eigenvalue weighted by atomic mass is 9.92. The van der Waals surface area contributed by atoms with Crippen LogP contribution in [0.2, 0.25) is 0 Å². The van der Waals surface area contributed by atoms with E-state index >= 15 is 0 Å². The molecule has 1 rings (SSSR count). The number of aryl methyl sites for hydroxylation is 1. The first kappa shape index (κ1) is 13.2. The van der Waals surface area contributed by atoms with Crippen LogP contribution in [0.5, 0.6) is 0 Å². The number of aliphatic carboxylic acids is 1. The standard InChI is InChI=1S/C11H17N3O3/c1-4-11(5-2,10(16)17)13-9(15)8-6-12-14-7(8)3/h6H,4-5H2,1-3H3,(H,12,14)(H,13,15)(H,16,17). The lowest BCUT2D eigenvalue weighted by Gasteiger charge is -2.27. The van der Waals surface area contributed by atoms with Crippen LogP contribution in [0, 0.1) is 6.92 Å². The summed E-state index contributed by atoms with van der Waals surface area (Å²) in [6.07, 6.45) is 2.06. The van der Waals surface area contributed by atoms with Crippen LogP contribution in [0.15, 0.2) is 6.20 Å². The molecule has 0 fully saturated rings. The monoisotopic (exact) mass is 239 g/mol. The van der Waals surface area contributed by atoms with Crippen LogP contribution in [0.3, 0.4) is 0 Å². The average molecular weight is 239 g/mol. The van der Waals surface area contributed by atoms with Gasteiger partial charge in [0.05, 0.1) is 11.8 Å². The number of carbonyl (C=O) groups is 2. The zero-order valence-corrected chi connectivity index (χ0v) is 10.2. The van der Waals surface area contributed by atoms with Gasteiger partial charge in [-0.1, -0.05) is 13.8 Å². The number of amides is 1. The zero-order valence-electron chi connectivity index (χ0n) is 10.2. The quantitative estimate of drug-likeness (QED) is 0.716. The summed E-state index contributed by atoms with van der Waals surface area (Å²) >= 11 is 0. The summed E-state index contributed by atoms with van der Waals surface area (Å²) in [6, 6.07) is 0. The van der Waals surface area contributed by atoms with Gasteiger partial charge in [0.15, 0.2) is 0 Å². The van der Waals surface area contributed by atoms with Gasteiger partial charge in [0.1, 0.15) is 5.54 Å². The second-order valence-electron chi connectivity index (χ2n) is 3.96. The SMILES string of the molecule is CCC(CC)(NC(=O)c1cn[nH]c1C)C(=O)O. The molecule has 0 bridgehead atoms. The van der Waals surface area contributed by atoms with E-state index in [4.69, 9.17) is 0 Å². The summed E-state index contributed by atoms with van der Waals surface area (Å²) in [4.78, 5) is 23.2. The van der Waals surface area contributed by atoms with E-state index in [9.17, 15) is 14.7 Å². The summed E-state index contributed by atoms with van der Waals surface area (Å²) in [5, 5.41) is 18.2. The van der Waals surface area contributed by atoms with Gasteiger partial charge in [0.2, 0.25) is 0 Å². The van der Waals surface area contributed by atoms with E-state index in [-0.39, 0.29) is 0 Å². The lowest BCUT2D eigenvalue weighted by molar-refractivity contribution is -0.144. The van der Waals surface area contributed by atoms with Crippen molar-refractivity contribution in [2.24, 2.45) is 0 Å². The number of rotatable bonds is 5. The van der Waals surface area contributed by atoms with Crippen molar-refractivity contribution in [3.63, 3.8) is 0 Å². The van der Waals surface area contributed by atoms with Crippen molar-refractivity contribution in [3.05, 3.63) is 17.5 Å². The Balaban J connectivity index is 2.93. The maximum Gasteiger partial charge on any atom is 0.329 e. The molecule has 0 spiro atoms. The maximum absolute atomic E-state index is 11.9. The van der Waals surface area contributed by atoms with Gasteiger partial charge in [-0.2, -0.15) is 5.10 Å². The Morgan fingerprint density at radius 3 is 2.41 bits per heavy atom. The first-order valence-electron chi connectivity index (χ1n) is 5.52. The summed E-state index contributed by atoms with van der Waals surface area (Å²) in [7, 11) is 0. The van der Waals surface area contributed by atoms with E-state index in [0.717, 1.165) is 0 Å². The number of aromatic amines is 1. The molecular weight excluding hydrogens is 222 g/mol. The molecule has 6 nitrogen and oxygen atoms in total. The number of carboxylic acid groups (broad SMARTS) is 1. The number of hydrogen-bond acceptors (Lipinski definition) is 3. The Morgan fingerprint density at radius 1 is 1.47 bits per heavy atom. The molecule has 0 atom stereocenters. The molecule has 0 radical (unpaired) electrons. The molecule has 17 heavy (non-hydrogen) atoms. The Labute approximate surface area is 99.4 Å². The highest BCUT2D eigenvalue weighted by molar-refractivity contribution is 5.98. The van der Waals surface area contributed by atoms with Gasteiger partial charge < -0.3 is 10.4 Å². The number of hydrogen-bond donors (Lipinski definition) is 3. The molecule has 94 valence electrons. The van der Waals surface area contributed by atoms with Crippen molar-refractivity contribution in [2.75, 3.05) is 0 Å². The fourth-order valence-corrected chi connectivity index (χ4v) is 1.65. The molecule has 0 aromatic carbocycles. The van der Waals surface area contributed by atoms with E-state index in [0.29, 0.717) is 24.1 Å². The number of carboxylic acids is 1. The van der Waals surface area contributed by atoms with Gasteiger partial charge in [-0.25, -0.2) is 4.79 Å². The predicted octanol–water partition coefficient (Wildman–Crippen LogP) is 1.09. The third kappa shape index (κ3) is 2.46. The first-order chi connectivity index (χ1) is 7.96. The molecule has 0 unspecified atom stereocenters. The smallest absolute Gasteiger partial charge is 0.329 e. The van der Waals surface area contributed by atoms with Crippen molar-refractivity contribution < 1.29 is 14.7 Å². The molecule has 3 N–H and O–H groups in total. The van der Waals surface area contributed by atoms with Gasteiger partial charge in [-0.15, -0.1) is 0 Å². The van der Waals surface area contributed by atoms with Crippen LogP contribution >= 0.6 is 0 Å². The highest BCUT2D eigenvalue weighted by atomic mass is 16.4. The molecule has 0 saturated carbocycles. The molecule has 6 heteroatoms. The minimum Gasteiger partial charge on any atom is -0.480 e. The number of carbonyl (C=O) groups excluding carboxylic acids is 1. The van der Waals surface area contributed by atoms with Crippen LogP contribution < -0.4 is 5.32 Å². The fraction of sp³-hybridized carbons (Fsp3) is 0.545. The van der Waals surface area contributed by atoms with Crippen molar-refractivity contribution >= 4 is 11.9 Å². The maximum atomic E-state index is 11.9. The van der Waals surface area contributed by atoms with Gasteiger partial charge in [0.25, 0.3) is 5.91 Å². The van der Waals surface area contributed by atoms with Crippen LogP contribution in [0.4, 0.5) is 0 Å². The Kier molecular flexibility index (Phi) is 3.88. The van der Waals surface area contributed by atoms with Crippen LogP contribution in [-0.4, -0.2) is 32.7 Å². The summed E-state index contributed by atoms with van der Waals surface area (Å²) in [5.74, 6) is -1.43. The van der Waals surface area contributed by atoms with Gasteiger partial charge in [0, 0.05) is 5.69 Å². The van der Waals surface area contributed by atoms with Gasteiger partial charge in [-0.05, 0) is 19.8 Å². The molecule has 0 aliphatic rings. The first-order valence-corrected chi connectivity index (χ1v) is 5.52. The Bertz CT molecular complexity index is 421. The van der Waals surface area contributed by atoms with Crippen LogP contribution in [0.25, 0.3) is 0 Å². The number of H-pyrrole nitrogens is 1. The summed E-state index contributed by atoms with van der Waals surface area (Å²) in [6.45, 7) is 5.18. The van der Waals surface area contributed by atoms with Gasteiger partial charge in [-0.3, -0.25) is 9.89 Å². The molecule has 1 aromatic heterocycles. The van der Waals surface area contributed by atoms with E-state index in [2.05, 4.69) is 15.5 Å². The van der Waals surface area contributed by atoms with Crippen molar-refractivity contribution in [1.29, 1.82) is 0 Å². The largest absolute Gasteiger partial charge is 0.480 e. The second kappa shape index (κ2) is 4.99. The van der Waals surface area contributed by atoms with Crippen LogP contribution in [0.1, 0.15) is 42.7 Å². The number of nitrogens with zero attached hydrogens (tertiary/aromatic N) is 1. The molecule has 1 amide bonds. The van der Waals surface area contributed by atoms with Crippen molar-refractivity contribution in [1.82, 2.24) is 15.5 Å². The normalized spacial score (nSPS) is 11.2. The summed E-state index contributed by atoms with van der Waals surface area (Å²) in [5.41, 5.74) is -0.215. The van der Waals surface area contributed by atoms with Crippen LogP contribution in [-0.2, 0) is 4.79 Å². The Morgan fingerprint density at radius 2 is 2.06 bits per heavy atom. The molecule has 0 saturated heterocycles. The van der Waals surface area contributed by atoms with E-state index in [1.54, 1.807) is 20.8 Å². The molecular formula is C11H17N3O3. The highest BCUT2D eigenvalue weighted by Crippen LogP contribution is 2.17. The molecule has 0 aliphatic heterocycles.